The monoisotopic (exact) mass is 386 g/mol. The lowest BCUT2D eigenvalue weighted by Crippen LogP contribution is -2.16. The smallest absolute Gasteiger partial charge is 0.0486 e. The molecule has 27 heavy (non-hydrogen) atoms. The van der Waals surface area contributed by atoms with E-state index in [1.54, 1.807) is 0 Å². The van der Waals surface area contributed by atoms with Crippen LogP contribution in [0.3, 0.4) is 0 Å². The number of hydrogen-bond donors (Lipinski definition) is 1. The Balaban J connectivity index is 1.67. The van der Waals surface area contributed by atoms with Gasteiger partial charge < -0.3 is 9.30 Å². The van der Waals surface area contributed by atoms with E-state index in [0.717, 1.165) is 37.9 Å². The highest BCUT2D eigenvalue weighted by atomic mass is 32.2. The Morgan fingerprint density at radius 2 is 1.93 bits per heavy atom. The van der Waals surface area contributed by atoms with E-state index in [-0.39, 0.29) is 5.41 Å². The van der Waals surface area contributed by atoms with Gasteiger partial charge in [-0.2, -0.15) is 0 Å². The molecule has 1 saturated carbocycles. The predicted molar refractivity (Wildman–Crippen MR) is 116 cm³/mol. The predicted octanol–water partition coefficient (Wildman–Crippen LogP) is 6.04. The lowest BCUT2D eigenvalue weighted by atomic mass is 9.90. The maximum absolute atomic E-state index is 5.57. The average molecular weight is 387 g/mol. The van der Waals surface area contributed by atoms with Crippen molar-refractivity contribution in [2.45, 2.75) is 77.1 Å². The molecule has 1 N–H and O–H groups in total. The fraction of sp³-hybridized carbons (Fsp3) is 0.652. The summed E-state index contributed by atoms with van der Waals surface area (Å²) in [6.07, 6.45) is 7.42. The molecule has 0 radical (unpaired) electrons. The fourth-order valence-corrected chi connectivity index (χ4v) is 4.95. The molecule has 3 nitrogen and oxygen atoms in total. The quantitative estimate of drug-likeness (QED) is 0.613. The number of rotatable bonds is 6. The fourth-order valence-electron chi connectivity index (χ4n) is 4.06. The summed E-state index contributed by atoms with van der Waals surface area (Å²) >= 11 is 1.93. The van der Waals surface area contributed by atoms with Crippen LogP contribution in [0, 0.1) is 5.41 Å². The van der Waals surface area contributed by atoms with Crippen molar-refractivity contribution >= 4 is 22.9 Å². The van der Waals surface area contributed by atoms with E-state index >= 15 is 0 Å². The largest absolute Gasteiger partial charge is 0.381 e. The maximum Gasteiger partial charge on any atom is 0.0486 e. The molecule has 148 valence electrons. The Labute approximate surface area is 168 Å². The third-order valence-corrected chi connectivity index (χ3v) is 6.97. The Hall–Kier alpha value is -0.970. The first kappa shape index (κ1) is 19.4. The zero-order chi connectivity index (χ0) is 19.0. The van der Waals surface area contributed by atoms with Crippen LogP contribution in [0.4, 0.5) is 0 Å². The van der Waals surface area contributed by atoms with Gasteiger partial charge in [0.2, 0.25) is 0 Å². The molecule has 1 aromatic carbocycles. The molecule has 1 atom stereocenters. The standard InChI is InChI=1S/C23H34N2OS/c1-16(24-27-19-6-7-19)21-14-25(15-23(2,3)4)22-13-18(5-8-20(21)22)17-9-11-26-12-10-17/h5,8,13-14,16-17,19,24H,6-7,9-12,15H2,1-4H3. The molecule has 2 aliphatic rings. The van der Waals surface area contributed by atoms with Gasteiger partial charge in [-0.05, 0) is 61.1 Å². The van der Waals surface area contributed by atoms with Gasteiger partial charge in [-0.25, -0.2) is 0 Å². The van der Waals surface area contributed by atoms with E-state index in [1.165, 1.54) is 34.9 Å². The Morgan fingerprint density at radius 3 is 2.59 bits per heavy atom. The van der Waals surface area contributed by atoms with Crippen LogP contribution < -0.4 is 4.72 Å². The molecule has 0 spiro atoms. The van der Waals surface area contributed by atoms with Crippen molar-refractivity contribution in [3.05, 3.63) is 35.5 Å². The molecule has 0 amide bonds. The molecule has 1 aliphatic heterocycles. The molecule has 2 fully saturated rings. The van der Waals surface area contributed by atoms with E-state index in [2.05, 4.69) is 61.4 Å². The summed E-state index contributed by atoms with van der Waals surface area (Å²) in [5.41, 5.74) is 4.57. The molecule has 1 unspecified atom stereocenters. The zero-order valence-corrected chi connectivity index (χ0v) is 18.1. The van der Waals surface area contributed by atoms with Crippen LogP contribution in [0.1, 0.15) is 76.5 Å². The Morgan fingerprint density at radius 1 is 1.19 bits per heavy atom. The van der Waals surface area contributed by atoms with Gasteiger partial charge in [-0.3, -0.25) is 4.72 Å². The van der Waals surface area contributed by atoms with Gasteiger partial charge in [-0.15, -0.1) is 0 Å². The van der Waals surface area contributed by atoms with E-state index in [4.69, 9.17) is 4.74 Å². The molecule has 4 heteroatoms. The van der Waals surface area contributed by atoms with Crippen LogP contribution in [-0.2, 0) is 11.3 Å². The van der Waals surface area contributed by atoms with Crippen LogP contribution in [0.2, 0.25) is 0 Å². The molecule has 1 saturated heterocycles. The number of hydrogen-bond acceptors (Lipinski definition) is 3. The number of nitrogens with one attached hydrogen (secondary N) is 1. The highest BCUT2D eigenvalue weighted by molar-refractivity contribution is 7.98. The third kappa shape index (κ3) is 4.72. The molecule has 0 bridgehead atoms. The van der Waals surface area contributed by atoms with Gasteiger partial charge in [0.05, 0.1) is 0 Å². The SMILES string of the molecule is CC(NSC1CC1)c1cn(CC(C)(C)C)c2cc(C3CCOCC3)ccc12. The third-order valence-electron chi connectivity index (χ3n) is 5.68. The highest BCUT2D eigenvalue weighted by Crippen LogP contribution is 2.37. The van der Waals surface area contributed by atoms with Gasteiger partial charge in [0.25, 0.3) is 0 Å². The van der Waals surface area contributed by atoms with Crippen molar-refractivity contribution in [3.8, 4) is 0 Å². The maximum atomic E-state index is 5.57. The molecule has 2 aromatic rings. The number of benzene rings is 1. The minimum Gasteiger partial charge on any atom is -0.381 e. The van der Waals surface area contributed by atoms with Gasteiger partial charge in [0, 0.05) is 48.2 Å². The van der Waals surface area contributed by atoms with Gasteiger partial charge >= 0.3 is 0 Å². The van der Waals surface area contributed by atoms with Crippen molar-refractivity contribution in [1.82, 2.24) is 9.29 Å². The molecule has 2 heterocycles. The average Bonchev–Trinajstić information content (AvgIpc) is 3.41. The molecule has 4 rings (SSSR count). The van der Waals surface area contributed by atoms with Crippen LogP contribution in [-0.4, -0.2) is 23.0 Å². The van der Waals surface area contributed by atoms with Crippen molar-refractivity contribution in [3.63, 3.8) is 0 Å². The molecular formula is C23H34N2OS. The lowest BCUT2D eigenvalue weighted by molar-refractivity contribution is 0.0853. The number of ether oxygens (including phenoxy) is 1. The van der Waals surface area contributed by atoms with Crippen LogP contribution in [0.25, 0.3) is 10.9 Å². The number of fused-ring (bicyclic) bond motifs is 1. The second kappa shape index (κ2) is 7.81. The first-order valence-electron chi connectivity index (χ1n) is 10.5. The minimum absolute atomic E-state index is 0.261. The van der Waals surface area contributed by atoms with E-state index in [9.17, 15) is 0 Å². The summed E-state index contributed by atoms with van der Waals surface area (Å²) in [5.74, 6) is 0.644. The minimum atomic E-state index is 0.261. The van der Waals surface area contributed by atoms with Crippen molar-refractivity contribution < 1.29 is 4.74 Å². The Kier molecular flexibility index (Phi) is 5.59. The van der Waals surface area contributed by atoms with Gasteiger partial charge in [0.15, 0.2) is 0 Å². The second-order valence-corrected chi connectivity index (χ2v) is 10.7. The summed E-state index contributed by atoms with van der Waals surface area (Å²) in [4.78, 5) is 0. The molecule has 1 aliphatic carbocycles. The van der Waals surface area contributed by atoms with Crippen LogP contribution in [0.5, 0.6) is 0 Å². The van der Waals surface area contributed by atoms with Crippen molar-refractivity contribution in [2.75, 3.05) is 13.2 Å². The first-order chi connectivity index (χ1) is 12.9. The lowest BCUT2D eigenvalue weighted by Gasteiger charge is -2.23. The first-order valence-corrected chi connectivity index (χ1v) is 11.4. The number of nitrogens with zero attached hydrogens (tertiary/aromatic N) is 1. The van der Waals surface area contributed by atoms with Gasteiger partial charge in [-0.1, -0.05) is 44.9 Å². The summed E-state index contributed by atoms with van der Waals surface area (Å²) in [7, 11) is 0. The van der Waals surface area contributed by atoms with Crippen LogP contribution >= 0.6 is 11.9 Å². The Bertz CT molecular complexity index is 782. The highest BCUT2D eigenvalue weighted by Gasteiger charge is 2.25. The van der Waals surface area contributed by atoms with Crippen molar-refractivity contribution in [1.29, 1.82) is 0 Å². The summed E-state index contributed by atoms with van der Waals surface area (Å²) < 4.78 is 11.8. The topological polar surface area (TPSA) is 26.2 Å². The van der Waals surface area contributed by atoms with E-state index in [1.807, 2.05) is 11.9 Å². The summed E-state index contributed by atoms with van der Waals surface area (Å²) in [6, 6.07) is 7.56. The van der Waals surface area contributed by atoms with Gasteiger partial charge in [0.1, 0.15) is 0 Å². The number of aromatic nitrogens is 1. The normalized spacial score (nSPS) is 20.3. The second-order valence-electron chi connectivity index (χ2n) is 9.59. The van der Waals surface area contributed by atoms with E-state index in [0.29, 0.717) is 12.0 Å². The summed E-state index contributed by atoms with van der Waals surface area (Å²) in [6.45, 7) is 12.1. The van der Waals surface area contributed by atoms with E-state index < -0.39 is 0 Å². The van der Waals surface area contributed by atoms with Crippen molar-refractivity contribution in [2.24, 2.45) is 5.41 Å². The molecular weight excluding hydrogens is 352 g/mol. The summed E-state index contributed by atoms with van der Waals surface area (Å²) in [5, 5.41) is 2.24. The zero-order valence-electron chi connectivity index (χ0n) is 17.3. The van der Waals surface area contributed by atoms with Crippen LogP contribution in [0.15, 0.2) is 24.4 Å². The molecule has 1 aromatic heterocycles.